The van der Waals surface area contributed by atoms with Crippen LogP contribution < -0.4 is 0 Å². The van der Waals surface area contributed by atoms with E-state index in [0.717, 1.165) is 34.6 Å². The molecule has 110 valence electrons. The summed E-state index contributed by atoms with van der Waals surface area (Å²) in [4.78, 5) is 20.5. The Bertz CT molecular complexity index is 677. The molecule has 0 spiro atoms. The molecule has 0 saturated carbocycles. The molecule has 1 atom stereocenters. The molecular weight excluding hydrogens is 260 g/mol. The van der Waals surface area contributed by atoms with Gasteiger partial charge in [-0.25, -0.2) is 0 Å². The van der Waals surface area contributed by atoms with Crippen molar-refractivity contribution in [2.24, 2.45) is 5.92 Å². The van der Waals surface area contributed by atoms with Crippen LogP contribution in [0.25, 0.3) is 11.4 Å². The number of ketones is 1. The molecule has 0 radical (unpaired) electrons. The van der Waals surface area contributed by atoms with E-state index < -0.39 is 0 Å². The van der Waals surface area contributed by atoms with E-state index in [1.165, 1.54) is 0 Å². The molecule has 0 bridgehead atoms. The number of aromatic nitrogens is 2. The van der Waals surface area contributed by atoms with Crippen LogP contribution in [-0.2, 0) is 11.8 Å². The second-order valence-electron chi connectivity index (χ2n) is 7.13. The minimum absolute atomic E-state index is 0.0901. The van der Waals surface area contributed by atoms with Gasteiger partial charge in [0, 0.05) is 23.9 Å². The molecule has 0 aromatic carbocycles. The van der Waals surface area contributed by atoms with E-state index in [0.29, 0.717) is 12.3 Å². The summed E-state index contributed by atoms with van der Waals surface area (Å²) in [5.41, 5.74) is 4.96. The lowest BCUT2D eigenvalue weighted by atomic mass is 9.78. The van der Waals surface area contributed by atoms with Crippen molar-refractivity contribution >= 4 is 5.78 Å². The first-order valence-corrected chi connectivity index (χ1v) is 7.58. The van der Waals surface area contributed by atoms with E-state index in [2.05, 4.69) is 37.7 Å². The van der Waals surface area contributed by atoms with Crippen molar-refractivity contribution in [3.05, 3.63) is 41.2 Å². The van der Waals surface area contributed by atoms with Gasteiger partial charge in [-0.2, -0.15) is 0 Å². The zero-order valence-electron chi connectivity index (χ0n) is 13.2. The molecule has 3 heteroatoms. The van der Waals surface area contributed by atoms with Gasteiger partial charge in [0.05, 0.1) is 11.4 Å². The number of aromatic amines is 1. The van der Waals surface area contributed by atoms with Gasteiger partial charge in [0.2, 0.25) is 0 Å². The van der Waals surface area contributed by atoms with Gasteiger partial charge in [0.25, 0.3) is 0 Å². The monoisotopic (exact) mass is 282 g/mol. The van der Waals surface area contributed by atoms with Crippen LogP contribution in [0.3, 0.4) is 0 Å². The number of pyridine rings is 1. The number of hydrogen-bond donors (Lipinski definition) is 1. The van der Waals surface area contributed by atoms with Crippen LogP contribution in [0, 0.1) is 5.92 Å². The number of carbonyl (C=O) groups is 1. The van der Waals surface area contributed by atoms with Gasteiger partial charge in [0.15, 0.2) is 5.78 Å². The average Bonchev–Trinajstić information content (AvgIpc) is 2.79. The summed E-state index contributed by atoms with van der Waals surface area (Å²) in [6.07, 6.45) is 3.39. The maximum atomic E-state index is 12.6. The van der Waals surface area contributed by atoms with Crippen molar-refractivity contribution in [3.8, 4) is 11.4 Å². The topological polar surface area (TPSA) is 45.8 Å². The van der Waals surface area contributed by atoms with Crippen molar-refractivity contribution in [2.75, 3.05) is 0 Å². The van der Waals surface area contributed by atoms with E-state index in [9.17, 15) is 4.79 Å². The fourth-order valence-electron chi connectivity index (χ4n) is 3.30. The van der Waals surface area contributed by atoms with Crippen molar-refractivity contribution in [1.29, 1.82) is 0 Å². The maximum Gasteiger partial charge on any atom is 0.165 e. The Hall–Kier alpha value is -1.90. The Morgan fingerprint density at radius 3 is 2.62 bits per heavy atom. The van der Waals surface area contributed by atoms with Gasteiger partial charge in [-0.3, -0.25) is 9.78 Å². The Morgan fingerprint density at radius 2 is 2.00 bits per heavy atom. The van der Waals surface area contributed by atoms with Crippen molar-refractivity contribution < 1.29 is 4.79 Å². The van der Waals surface area contributed by atoms with Crippen LogP contribution in [0.5, 0.6) is 0 Å². The molecule has 21 heavy (non-hydrogen) atoms. The number of fused-ring (bicyclic) bond motifs is 1. The van der Waals surface area contributed by atoms with E-state index in [4.69, 9.17) is 0 Å². The molecule has 3 nitrogen and oxygen atoms in total. The molecule has 0 saturated heterocycles. The molecule has 1 N–H and O–H groups in total. The van der Waals surface area contributed by atoms with Crippen molar-refractivity contribution in [1.82, 2.24) is 9.97 Å². The van der Waals surface area contributed by atoms with Gasteiger partial charge < -0.3 is 4.98 Å². The maximum absolute atomic E-state index is 12.6. The predicted octanol–water partition coefficient (Wildman–Crippen LogP) is 4.14. The number of carbonyl (C=O) groups excluding carboxylic acids is 1. The van der Waals surface area contributed by atoms with Crippen LogP contribution in [0.2, 0.25) is 0 Å². The third kappa shape index (κ3) is 2.41. The molecule has 2 aromatic heterocycles. The Kier molecular flexibility index (Phi) is 3.23. The second-order valence-corrected chi connectivity index (χ2v) is 7.13. The molecule has 3 rings (SSSR count). The van der Waals surface area contributed by atoms with E-state index >= 15 is 0 Å². The molecule has 1 aliphatic rings. The average molecular weight is 282 g/mol. The van der Waals surface area contributed by atoms with Crippen molar-refractivity contribution in [2.45, 2.75) is 46.0 Å². The highest BCUT2D eigenvalue weighted by Gasteiger charge is 2.34. The molecule has 0 fully saturated rings. The Morgan fingerprint density at radius 1 is 1.24 bits per heavy atom. The van der Waals surface area contributed by atoms with Crippen LogP contribution >= 0.6 is 0 Å². The molecule has 1 unspecified atom stereocenters. The van der Waals surface area contributed by atoms with E-state index in [1.807, 2.05) is 18.2 Å². The fourth-order valence-corrected chi connectivity index (χ4v) is 3.30. The summed E-state index contributed by atoms with van der Waals surface area (Å²) < 4.78 is 0. The summed E-state index contributed by atoms with van der Waals surface area (Å²) in [6.45, 7) is 8.62. The third-order valence-electron chi connectivity index (χ3n) is 4.11. The predicted molar refractivity (Wildman–Crippen MR) is 84.5 cm³/mol. The fraction of sp³-hybridized carbons (Fsp3) is 0.444. The SMILES string of the molecule is CC1CC(=O)c2c([nH]c(-c3ccccn3)c2C(C)(C)C)C1. The van der Waals surface area contributed by atoms with Crippen LogP contribution in [-0.4, -0.2) is 15.8 Å². The lowest BCUT2D eigenvalue weighted by Crippen LogP contribution is -2.22. The van der Waals surface area contributed by atoms with Gasteiger partial charge in [-0.15, -0.1) is 0 Å². The number of rotatable bonds is 1. The summed E-state index contributed by atoms with van der Waals surface area (Å²) in [5.74, 6) is 0.681. The van der Waals surface area contributed by atoms with Crippen LogP contribution in [0.15, 0.2) is 24.4 Å². The molecule has 2 heterocycles. The quantitative estimate of drug-likeness (QED) is 0.854. The summed E-state index contributed by atoms with van der Waals surface area (Å²) in [6, 6.07) is 5.90. The first kappa shape index (κ1) is 14.1. The number of hydrogen-bond acceptors (Lipinski definition) is 2. The number of nitrogens with zero attached hydrogens (tertiary/aromatic N) is 1. The largest absolute Gasteiger partial charge is 0.356 e. The molecule has 0 aliphatic heterocycles. The van der Waals surface area contributed by atoms with E-state index in [-0.39, 0.29) is 11.2 Å². The number of H-pyrrole nitrogens is 1. The second kappa shape index (κ2) is 4.83. The summed E-state index contributed by atoms with van der Waals surface area (Å²) >= 11 is 0. The van der Waals surface area contributed by atoms with Gasteiger partial charge >= 0.3 is 0 Å². The van der Waals surface area contributed by atoms with Crippen molar-refractivity contribution in [3.63, 3.8) is 0 Å². The minimum atomic E-state index is -0.0901. The summed E-state index contributed by atoms with van der Waals surface area (Å²) in [7, 11) is 0. The first-order valence-electron chi connectivity index (χ1n) is 7.58. The number of nitrogens with one attached hydrogen (secondary N) is 1. The van der Waals surface area contributed by atoms with Crippen LogP contribution in [0.4, 0.5) is 0 Å². The number of Topliss-reactive ketones (excluding diaryl/α,β-unsaturated/α-hetero) is 1. The first-order chi connectivity index (χ1) is 9.88. The molecule has 0 amide bonds. The Labute approximate surface area is 125 Å². The highest BCUT2D eigenvalue weighted by molar-refractivity contribution is 6.02. The lowest BCUT2D eigenvalue weighted by Gasteiger charge is -2.24. The normalized spacial score (nSPS) is 18.7. The smallest absolute Gasteiger partial charge is 0.165 e. The van der Waals surface area contributed by atoms with E-state index in [1.54, 1.807) is 6.20 Å². The van der Waals surface area contributed by atoms with Gasteiger partial charge in [0.1, 0.15) is 0 Å². The standard InChI is InChI=1S/C18H22N2O/c1-11-9-13-15(14(21)10-11)16(18(2,3)4)17(20-13)12-7-5-6-8-19-12/h5-8,11,20H,9-10H2,1-4H3. The molecule has 1 aliphatic carbocycles. The molecular formula is C18H22N2O. The zero-order chi connectivity index (χ0) is 15.2. The highest BCUT2D eigenvalue weighted by atomic mass is 16.1. The Balaban J connectivity index is 2.27. The van der Waals surface area contributed by atoms with Crippen LogP contribution in [0.1, 0.15) is 55.7 Å². The zero-order valence-corrected chi connectivity index (χ0v) is 13.2. The van der Waals surface area contributed by atoms with Gasteiger partial charge in [-0.1, -0.05) is 33.8 Å². The minimum Gasteiger partial charge on any atom is -0.356 e. The lowest BCUT2D eigenvalue weighted by molar-refractivity contribution is 0.0951. The summed E-state index contributed by atoms with van der Waals surface area (Å²) in [5, 5.41) is 0. The third-order valence-corrected chi connectivity index (χ3v) is 4.11. The van der Waals surface area contributed by atoms with Gasteiger partial charge in [-0.05, 0) is 35.4 Å². The molecule has 2 aromatic rings. The highest BCUT2D eigenvalue weighted by Crippen LogP contribution is 2.40.